The number of carbonyl (C=O) groups is 5. The maximum atomic E-state index is 13.8. The lowest BCUT2D eigenvalue weighted by Crippen LogP contribution is -2.63. The average Bonchev–Trinajstić information content (AvgIpc) is 2.97. The molecule has 44 heavy (non-hydrogen) atoms. The van der Waals surface area contributed by atoms with Crippen molar-refractivity contribution in [3.8, 4) is 0 Å². The number of hydrogen-bond acceptors (Lipinski definition) is 6. The molecule has 10 heteroatoms. The Hall–Kier alpha value is -4.47. The van der Waals surface area contributed by atoms with Gasteiger partial charge in [0, 0.05) is 29.6 Å². The Bertz CT molecular complexity index is 1370. The average molecular weight is 604 g/mol. The second kappa shape index (κ2) is 14.8. The third-order valence-electron chi connectivity index (χ3n) is 7.63. The van der Waals surface area contributed by atoms with Crippen molar-refractivity contribution < 1.29 is 24.0 Å². The van der Waals surface area contributed by atoms with Gasteiger partial charge in [-0.25, -0.2) is 0 Å². The Morgan fingerprint density at radius 1 is 0.773 bits per heavy atom. The molecule has 2 aromatic rings. The third-order valence-corrected chi connectivity index (χ3v) is 7.63. The Morgan fingerprint density at radius 2 is 1.27 bits per heavy atom. The van der Waals surface area contributed by atoms with Crippen molar-refractivity contribution in [1.29, 1.82) is 0 Å². The number of anilines is 1. The topological polar surface area (TPSA) is 146 Å². The zero-order chi connectivity index (χ0) is 32.6. The fourth-order valence-corrected chi connectivity index (χ4v) is 4.90. The highest BCUT2D eigenvalue weighted by molar-refractivity contribution is 6.05. The molecule has 1 aliphatic heterocycles. The lowest BCUT2D eigenvalue weighted by Gasteiger charge is -2.31. The second-order valence-electron chi connectivity index (χ2n) is 12.5. The molecule has 0 bridgehead atoms. The van der Waals surface area contributed by atoms with Crippen molar-refractivity contribution in [1.82, 2.24) is 21.3 Å². The van der Waals surface area contributed by atoms with Gasteiger partial charge in [-0.05, 0) is 43.4 Å². The van der Waals surface area contributed by atoms with Gasteiger partial charge < -0.3 is 26.6 Å². The van der Waals surface area contributed by atoms with E-state index in [2.05, 4.69) is 33.2 Å². The van der Waals surface area contributed by atoms with Crippen molar-refractivity contribution in [2.24, 2.45) is 11.8 Å². The number of carbonyl (C=O) groups excluding carboxylic acids is 5. The SMILES string of the molecule is C=CC(C)(C)Nc1ccccc1C(=O)CC1NC(=O)C(C(C)C)NC(=O)C(C(C)C)NC(=O)C(Cc2ccccc2)NC1=O. The molecule has 4 atom stereocenters. The number of rotatable bonds is 10. The summed E-state index contributed by atoms with van der Waals surface area (Å²) in [4.78, 5) is 68.1. The van der Waals surface area contributed by atoms with Crippen molar-refractivity contribution in [2.45, 2.75) is 84.1 Å². The van der Waals surface area contributed by atoms with Gasteiger partial charge in [0.1, 0.15) is 24.2 Å². The highest BCUT2D eigenvalue weighted by Crippen LogP contribution is 2.23. The molecule has 10 nitrogen and oxygen atoms in total. The molecule has 0 radical (unpaired) electrons. The van der Waals surface area contributed by atoms with Crippen LogP contribution in [0, 0.1) is 11.8 Å². The predicted octanol–water partition coefficient (Wildman–Crippen LogP) is 3.14. The first-order valence-electron chi connectivity index (χ1n) is 15.0. The zero-order valence-corrected chi connectivity index (χ0v) is 26.4. The number of ketones is 1. The highest BCUT2D eigenvalue weighted by Gasteiger charge is 2.37. The van der Waals surface area contributed by atoms with Crippen molar-refractivity contribution in [3.05, 3.63) is 78.4 Å². The maximum Gasteiger partial charge on any atom is 0.243 e. The third kappa shape index (κ3) is 9.02. The second-order valence-corrected chi connectivity index (χ2v) is 12.5. The van der Waals surface area contributed by atoms with Crippen LogP contribution >= 0.6 is 0 Å². The molecular formula is C34H45N5O5. The summed E-state index contributed by atoms with van der Waals surface area (Å²) in [5.74, 6) is -3.38. The van der Waals surface area contributed by atoms with Crippen LogP contribution < -0.4 is 26.6 Å². The molecule has 0 spiro atoms. The van der Waals surface area contributed by atoms with Gasteiger partial charge in [-0.15, -0.1) is 6.58 Å². The maximum absolute atomic E-state index is 13.8. The van der Waals surface area contributed by atoms with Crippen LogP contribution in [0.2, 0.25) is 0 Å². The van der Waals surface area contributed by atoms with E-state index in [1.807, 2.05) is 44.2 Å². The molecule has 0 aliphatic carbocycles. The van der Waals surface area contributed by atoms with E-state index in [1.165, 1.54) is 0 Å². The van der Waals surface area contributed by atoms with Gasteiger partial charge in [-0.1, -0.05) is 76.2 Å². The monoisotopic (exact) mass is 603 g/mol. The van der Waals surface area contributed by atoms with E-state index >= 15 is 0 Å². The minimum Gasteiger partial charge on any atom is -0.376 e. The zero-order valence-electron chi connectivity index (χ0n) is 26.4. The van der Waals surface area contributed by atoms with Crippen LogP contribution in [-0.2, 0) is 25.6 Å². The van der Waals surface area contributed by atoms with E-state index in [4.69, 9.17) is 0 Å². The summed E-state index contributed by atoms with van der Waals surface area (Å²) in [7, 11) is 0. The van der Waals surface area contributed by atoms with Gasteiger partial charge in [-0.2, -0.15) is 0 Å². The minimum absolute atomic E-state index is 0.136. The molecule has 1 saturated heterocycles. The molecule has 4 unspecified atom stereocenters. The molecular weight excluding hydrogens is 558 g/mol. The smallest absolute Gasteiger partial charge is 0.243 e. The Labute approximate surface area is 259 Å². The van der Waals surface area contributed by atoms with Gasteiger partial charge >= 0.3 is 0 Å². The summed E-state index contributed by atoms with van der Waals surface area (Å²) in [5, 5.41) is 14.3. The van der Waals surface area contributed by atoms with Crippen LogP contribution in [-0.4, -0.2) is 59.1 Å². The first kappa shape index (κ1) is 34.0. The Morgan fingerprint density at radius 3 is 1.86 bits per heavy atom. The van der Waals surface area contributed by atoms with E-state index in [9.17, 15) is 24.0 Å². The van der Waals surface area contributed by atoms with E-state index < -0.39 is 59.1 Å². The van der Waals surface area contributed by atoms with Gasteiger partial charge in [0.05, 0.1) is 0 Å². The van der Waals surface area contributed by atoms with Crippen LogP contribution in [0.25, 0.3) is 0 Å². The highest BCUT2D eigenvalue weighted by atomic mass is 16.2. The summed E-state index contributed by atoms with van der Waals surface area (Å²) in [6.45, 7) is 14.8. The minimum atomic E-state index is -1.32. The van der Waals surface area contributed by atoms with Gasteiger partial charge in [0.15, 0.2) is 5.78 Å². The number of benzene rings is 2. The van der Waals surface area contributed by atoms with E-state index in [1.54, 1.807) is 58.0 Å². The van der Waals surface area contributed by atoms with Crippen molar-refractivity contribution in [2.75, 3.05) is 5.32 Å². The fourth-order valence-electron chi connectivity index (χ4n) is 4.90. The Balaban J connectivity index is 2.01. The van der Waals surface area contributed by atoms with Crippen LogP contribution in [0.1, 0.15) is 63.9 Å². The molecule has 5 N–H and O–H groups in total. The summed E-state index contributed by atoms with van der Waals surface area (Å²) in [6.07, 6.45) is 1.48. The first-order valence-corrected chi connectivity index (χ1v) is 15.0. The first-order chi connectivity index (χ1) is 20.7. The van der Waals surface area contributed by atoms with E-state index in [-0.39, 0.29) is 24.7 Å². The summed E-state index contributed by atoms with van der Waals surface area (Å²) < 4.78 is 0. The van der Waals surface area contributed by atoms with Crippen LogP contribution in [0.15, 0.2) is 67.3 Å². The molecule has 1 aliphatic rings. The quantitative estimate of drug-likeness (QED) is 0.208. The summed E-state index contributed by atoms with van der Waals surface area (Å²) in [5.41, 5.74) is 1.15. The lowest BCUT2D eigenvalue weighted by atomic mass is 9.96. The van der Waals surface area contributed by atoms with E-state index in [0.717, 1.165) is 5.56 Å². The van der Waals surface area contributed by atoms with E-state index in [0.29, 0.717) is 11.3 Å². The standard InChI is InChI=1S/C34H45N5O5/c1-8-34(6,7)39-24-17-13-12-16-23(24)27(40)19-26-30(41)35-25(18-22-14-10-9-11-15-22)31(42)37-29(21(4)5)33(44)38-28(20(2)3)32(43)36-26/h8-17,20-21,25-26,28-29,39H,1,18-19H2,2-7H3,(H,35,41)(H,36,43)(H,37,42)(H,38,44). The normalized spacial score (nSPS) is 21.7. The summed E-state index contributed by atoms with van der Waals surface area (Å²) in [6, 6.07) is 11.7. The summed E-state index contributed by atoms with van der Waals surface area (Å²) >= 11 is 0. The molecule has 0 aromatic heterocycles. The van der Waals surface area contributed by atoms with Crippen LogP contribution in [0.3, 0.4) is 0 Å². The van der Waals surface area contributed by atoms with Gasteiger partial charge in [0.2, 0.25) is 23.6 Å². The van der Waals surface area contributed by atoms with Crippen LogP contribution in [0.4, 0.5) is 5.69 Å². The van der Waals surface area contributed by atoms with Gasteiger partial charge in [0.25, 0.3) is 0 Å². The van der Waals surface area contributed by atoms with Crippen molar-refractivity contribution >= 4 is 35.1 Å². The molecule has 1 heterocycles. The Kier molecular flexibility index (Phi) is 11.5. The molecule has 0 saturated carbocycles. The van der Waals surface area contributed by atoms with Gasteiger partial charge in [-0.3, -0.25) is 24.0 Å². The van der Waals surface area contributed by atoms with Crippen molar-refractivity contribution in [3.63, 3.8) is 0 Å². The number of hydrogen-bond donors (Lipinski definition) is 5. The number of para-hydroxylation sites is 1. The lowest BCUT2D eigenvalue weighted by molar-refractivity contribution is -0.137. The molecule has 236 valence electrons. The number of amides is 4. The molecule has 1 fully saturated rings. The predicted molar refractivity (Wildman–Crippen MR) is 171 cm³/mol. The molecule has 4 amide bonds. The van der Waals surface area contributed by atoms with Crippen LogP contribution in [0.5, 0.6) is 0 Å². The fraction of sp³-hybridized carbons (Fsp3) is 0.441. The molecule has 3 rings (SSSR count). The molecule has 2 aromatic carbocycles. The number of nitrogens with one attached hydrogen (secondary N) is 5. The number of Topliss-reactive ketones (excluding diaryl/α,β-unsaturated/α-hetero) is 1. The largest absolute Gasteiger partial charge is 0.376 e.